The Bertz CT molecular complexity index is 1290. The molecule has 0 spiro atoms. The minimum Gasteiger partial charge on any atom is -0.462 e. The molecule has 39 heavy (non-hydrogen) atoms. The average Bonchev–Trinajstić information content (AvgIpc) is 2.84. The van der Waals surface area contributed by atoms with Crippen molar-refractivity contribution in [3.05, 3.63) is 76.0 Å². The first-order valence-corrected chi connectivity index (χ1v) is 11.6. The number of alkyl halides is 6. The number of nitrogens with one attached hydrogen (secondary N) is 2. The van der Waals surface area contributed by atoms with Crippen LogP contribution < -0.4 is 10.6 Å². The molecular weight excluding hydrogens is 532 g/mol. The van der Waals surface area contributed by atoms with E-state index < -0.39 is 53.0 Å². The Morgan fingerprint density at radius 1 is 1.03 bits per heavy atom. The molecular formula is C26H25F6N3O4. The molecule has 0 aliphatic carbocycles. The number of hydrogen-bond donors (Lipinski definition) is 2. The van der Waals surface area contributed by atoms with Crippen LogP contribution in [-0.4, -0.2) is 36.5 Å². The van der Waals surface area contributed by atoms with Gasteiger partial charge in [0.2, 0.25) is 0 Å². The van der Waals surface area contributed by atoms with E-state index in [0.29, 0.717) is 23.4 Å². The number of benzene rings is 2. The number of anilines is 1. The molecule has 3 amide bonds. The van der Waals surface area contributed by atoms with E-state index >= 15 is 0 Å². The Labute approximate surface area is 219 Å². The topological polar surface area (TPSA) is 87.7 Å². The van der Waals surface area contributed by atoms with Gasteiger partial charge in [-0.05, 0) is 48.7 Å². The quantitative estimate of drug-likeness (QED) is 0.330. The van der Waals surface area contributed by atoms with Gasteiger partial charge in [-0.3, -0.25) is 4.79 Å². The molecule has 1 heterocycles. The molecule has 1 aliphatic heterocycles. The standard InChI is InChI=1S/C26H25F6N3O4/c1-13(2)12-39-23(37)20-14(3)35(4)24(38)34-21(20)15-6-5-7-19(10-15)33-22(36)16-8-17(25(27,28)29)11-18(9-16)26(30,31)32/h5-11,13,21H,12H2,1-4H3,(H,33,36)(H,34,38). The van der Waals surface area contributed by atoms with E-state index in [2.05, 4.69) is 10.6 Å². The summed E-state index contributed by atoms with van der Waals surface area (Å²) in [7, 11) is 1.46. The molecule has 0 fully saturated rings. The summed E-state index contributed by atoms with van der Waals surface area (Å²) >= 11 is 0. The molecule has 13 heteroatoms. The Kier molecular flexibility index (Phi) is 8.32. The third-order valence-corrected chi connectivity index (χ3v) is 5.85. The highest BCUT2D eigenvalue weighted by atomic mass is 19.4. The first-order chi connectivity index (χ1) is 18.0. The molecule has 2 aromatic rings. The van der Waals surface area contributed by atoms with E-state index in [4.69, 9.17) is 4.74 Å². The van der Waals surface area contributed by atoms with Crippen LogP contribution in [-0.2, 0) is 21.9 Å². The van der Waals surface area contributed by atoms with Gasteiger partial charge in [-0.2, -0.15) is 26.3 Å². The maximum atomic E-state index is 13.2. The highest BCUT2D eigenvalue weighted by Gasteiger charge is 2.38. The Balaban J connectivity index is 1.96. The van der Waals surface area contributed by atoms with Gasteiger partial charge in [-0.1, -0.05) is 26.0 Å². The molecule has 2 N–H and O–H groups in total. The molecule has 7 nitrogen and oxygen atoms in total. The van der Waals surface area contributed by atoms with E-state index in [1.54, 1.807) is 6.92 Å². The van der Waals surface area contributed by atoms with Gasteiger partial charge in [0.15, 0.2) is 0 Å². The number of allylic oxidation sites excluding steroid dienone is 1. The van der Waals surface area contributed by atoms with Gasteiger partial charge in [0.05, 0.1) is 29.3 Å². The molecule has 0 saturated carbocycles. The summed E-state index contributed by atoms with van der Waals surface area (Å²) in [5.74, 6) is -1.87. The average molecular weight is 557 g/mol. The van der Waals surface area contributed by atoms with Crippen molar-refractivity contribution in [1.82, 2.24) is 10.2 Å². The van der Waals surface area contributed by atoms with Gasteiger partial charge in [0.25, 0.3) is 5.91 Å². The molecule has 210 valence electrons. The molecule has 1 atom stereocenters. The Morgan fingerprint density at radius 3 is 2.15 bits per heavy atom. The number of carbonyl (C=O) groups is 3. The normalized spacial score (nSPS) is 16.3. The van der Waals surface area contributed by atoms with Crippen molar-refractivity contribution < 1.29 is 45.5 Å². The lowest BCUT2D eigenvalue weighted by atomic mass is 9.94. The minimum atomic E-state index is -5.12. The Hall–Kier alpha value is -4.03. The van der Waals surface area contributed by atoms with Gasteiger partial charge >= 0.3 is 24.4 Å². The van der Waals surface area contributed by atoms with Crippen LogP contribution in [0.15, 0.2) is 53.7 Å². The van der Waals surface area contributed by atoms with Crippen molar-refractivity contribution in [2.24, 2.45) is 5.92 Å². The lowest BCUT2D eigenvalue weighted by Gasteiger charge is -2.33. The zero-order valence-electron chi connectivity index (χ0n) is 21.3. The van der Waals surface area contributed by atoms with Crippen molar-refractivity contribution in [3.8, 4) is 0 Å². The van der Waals surface area contributed by atoms with Gasteiger partial charge in [-0.25, -0.2) is 9.59 Å². The molecule has 1 aliphatic rings. The summed E-state index contributed by atoms with van der Waals surface area (Å²) in [6.45, 7) is 5.35. The van der Waals surface area contributed by atoms with E-state index in [1.807, 2.05) is 13.8 Å². The van der Waals surface area contributed by atoms with Crippen LogP contribution in [0.1, 0.15) is 53.9 Å². The summed E-state index contributed by atoms with van der Waals surface area (Å²) in [4.78, 5) is 39.3. The molecule has 0 radical (unpaired) electrons. The van der Waals surface area contributed by atoms with Crippen molar-refractivity contribution in [1.29, 1.82) is 0 Å². The van der Waals surface area contributed by atoms with Crippen LogP contribution in [0.25, 0.3) is 0 Å². The highest BCUT2D eigenvalue weighted by molar-refractivity contribution is 6.04. The Morgan fingerprint density at radius 2 is 1.62 bits per heavy atom. The number of halogens is 6. The summed E-state index contributed by atoms with van der Waals surface area (Å²) in [5.41, 5.74) is -3.37. The highest BCUT2D eigenvalue weighted by Crippen LogP contribution is 2.37. The predicted octanol–water partition coefficient (Wildman–Crippen LogP) is 6.15. The summed E-state index contributed by atoms with van der Waals surface area (Å²) < 4.78 is 84.5. The van der Waals surface area contributed by atoms with Crippen molar-refractivity contribution in [2.75, 3.05) is 19.0 Å². The van der Waals surface area contributed by atoms with Crippen LogP contribution in [0.4, 0.5) is 36.8 Å². The zero-order chi connectivity index (χ0) is 29.3. The molecule has 0 aromatic heterocycles. The number of amides is 3. The molecule has 3 rings (SSSR count). The van der Waals surface area contributed by atoms with Crippen molar-refractivity contribution >= 4 is 23.6 Å². The van der Waals surface area contributed by atoms with E-state index in [-0.39, 0.29) is 29.9 Å². The maximum absolute atomic E-state index is 13.2. The lowest BCUT2D eigenvalue weighted by Crippen LogP contribution is -2.46. The predicted molar refractivity (Wildman–Crippen MR) is 128 cm³/mol. The molecule has 0 saturated heterocycles. The number of rotatable bonds is 6. The molecule has 2 aromatic carbocycles. The number of esters is 1. The second-order valence-electron chi connectivity index (χ2n) is 9.31. The number of ether oxygens (including phenoxy) is 1. The lowest BCUT2D eigenvalue weighted by molar-refractivity contribution is -0.143. The third kappa shape index (κ3) is 6.89. The fourth-order valence-corrected chi connectivity index (χ4v) is 3.76. The van der Waals surface area contributed by atoms with Crippen LogP contribution >= 0.6 is 0 Å². The smallest absolute Gasteiger partial charge is 0.416 e. The van der Waals surface area contributed by atoms with E-state index in [9.17, 15) is 40.7 Å². The third-order valence-electron chi connectivity index (χ3n) is 5.85. The summed E-state index contributed by atoms with van der Waals surface area (Å²) in [6.07, 6.45) is -10.2. The van der Waals surface area contributed by atoms with Crippen LogP contribution in [0.5, 0.6) is 0 Å². The van der Waals surface area contributed by atoms with Crippen LogP contribution in [0.3, 0.4) is 0 Å². The molecule has 0 bridgehead atoms. The number of carbonyl (C=O) groups excluding carboxylic acids is 3. The monoisotopic (exact) mass is 557 g/mol. The number of nitrogens with zero attached hydrogens (tertiary/aromatic N) is 1. The minimum absolute atomic E-state index is 0.00389. The van der Waals surface area contributed by atoms with Gasteiger partial charge in [0, 0.05) is 24.0 Å². The number of hydrogen-bond acceptors (Lipinski definition) is 4. The zero-order valence-corrected chi connectivity index (χ0v) is 21.3. The van der Waals surface area contributed by atoms with Gasteiger partial charge in [-0.15, -0.1) is 0 Å². The fraction of sp³-hybridized carbons (Fsp3) is 0.346. The SMILES string of the molecule is CC1=C(C(=O)OCC(C)C)C(c2cccc(NC(=O)c3cc(C(F)(F)F)cc(C(F)(F)F)c3)c2)NC(=O)N1C. The van der Waals surface area contributed by atoms with Crippen molar-refractivity contribution in [3.63, 3.8) is 0 Å². The van der Waals surface area contributed by atoms with Gasteiger partial charge < -0.3 is 20.3 Å². The number of urea groups is 1. The van der Waals surface area contributed by atoms with Crippen LogP contribution in [0, 0.1) is 5.92 Å². The second-order valence-corrected chi connectivity index (χ2v) is 9.31. The van der Waals surface area contributed by atoms with Crippen LogP contribution in [0.2, 0.25) is 0 Å². The summed E-state index contributed by atoms with van der Waals surface area (Å²) in [5, 5.41) is 4.94. The maximum Gasteiger partial charge on any atom is 0.416 e. The molecule has 1 unspecified atom stereocenters. The second kappa shape index (κ2) is 11.0. The van der Waals surface area contributed by atoms with Gasteiger partial charge in [0.1, 0.15) is 0 Å². The van der Waals surface area contributed by atoms with E-state index in [1.165, 1.54) is 36.2 Å². The summed E-state index contributed by atoms with van der Waals surface area (Å²) in [6, 6.07) is 4.69. The fourth-order valence-electron chi connectivity index (χ4n) is 3.76. The first-order valence-electron chi connectivity index (χ1n) is 11.6. The first kappa shape index (κ1) is 29.5. The van der Waals surface area contributed by atoms with E-state index in [0.717, 1.165) is 0 Å². The van der Waals surface area contributed by atoms with Crippen molar-refractivity contribution in [2.45, 2.75) is 39.2 Å². The largest absolute Gasteiger partial charge is 0.462 e.